The third-order valence-corrected chi connectivity index (χ3v) is 2.93. The molecule has 0 saturated carbocycles. The summed E-state index contributed by atoms with van der Waals surface area (Å²) in [4.78, 5) is 0. The third-order valence-electron chi connectivity index (χ3n) is 2.63. The van der Waals surface area contributed by atoms with E-state index in [0.29, 0.717) is 17.4 Å². The molecule has 20 heavy (non-hydrogen) atoms. The van der Waals surface area contributed by atoms with Gasteiger partial charge in [-0.3, -0.25) is 0 Å². The minimum atomic E-state index is 0.506. The zero-order valence-electron chi connectivity index (χ0n) is 11.6. The summed E-state index contributed by atoms with van der Waals surface area (Å²) in [6.07, 6.45) is 1.76. The molecular formula is C16H17ClN2O. The van der Waals surface area contributed by atoms with Crippen molar-refractivity contribution >= 4 is 17.8 Å². The van der Waals surface area contributed by atoms with Crippen molar-refractivity contribution in [3.05, 3.63) is 64.7 Å². The number of ether oxygens (including phenoxy) is 1. The van der Waals surface area contributed by atoms with Crippen LogP contribution in [0.5, 0.6) is 5.75 Å². The Kier molecular flexibility index (Phi) is 5.02. The van der Waals surface area contributed by atoms with E-state index in [-0.39, 0.29) is 0 Å². The molecule has 0 aliphatic carbocycles. The Morgan fingerprint density at radius 2 is 1.90 bits per heavy atom. The Morgan fingerprint density at radius 3 is 2.55 bits per heavy atom. The first-order valence-electron chi connectivity index (χ1n) is 6.33. The maximum absolute atomic E-state index is 6.21. The minimum absolute atomic E-state index is 0.506. The van der Waals surface area contributed by atoms with Crippen LogP contribution in [0, 0.1) is 0 Å². The van der Waals surface area contributed by atoms with Gasteiger partial charge in [0, 0.05) is 14.1 Å². The summed E-state index contributed by atoms with van der Waals surface area (Å²) >= 11 is 6.21. The standard InChI is InChI=1S/C16H17ClN2O/c1-19(2)18-11-14-8-9-16(15(17)10-14)20-12-13-6-4-3-5-7-13/h3-11H,12H2,1-2H3/b18-11+. The van der Waals surface area contributed by atoms with Gasteiger partial charge in [0.1, 0.15) is 12.4 Å². The number of rotatable bonds is 5. The van der Waals surface area contributed by atoms with E-state index < -0.39 is 0 Å². The molecule has 2 rings (SSSR count). The number of benzene rings is 2. The SMILES string of the molecule is CN(C)/N=C/c1ccc(OCc2ccccc2)c(Cl)c1. The summed E-state index contributed by atoms with van der Waals surface area (Å²) in [6.45, 7) is 0.506. The molecule has 0 amide bonds. The Morgan fingerprint density at radius 1 is 1.15 bits per heavy atom. The van der Waals surface area contributed by atoms with Crippen molar-refractivity contribution in [2.75, 3.05) is 14.1 Å². The van der Waals surface area contributed by atoms with Crippen molar-refractivity contribution in [2.45, 2.75) is 6.61 Å². The molecule has 2 aromatic rings. The van der Waals surface area contributed by atoms with Crippen molar-refractivity contribution in [2.24, 2.45) is 5.10 Å². The highest BCUT2D eigenvalue weighted by molar-refractivity contribution is 6.32. The Hall–Kier alpha value is -2.00. The van der Waals surface area contributed by atoms with Gasteiger partial charge >= 0.3 is 0 Å². The molecule has 4 heteroatoms. The largest absolute Gasteiger partial charge is 0.487 e. The summed E-state index contributed by atoms with van der Waals surface area (Å²) in [5.41, 5.74) is 2.05. The molecule has 0 saturated heterocycles. The molecule has 2 aromatic carbocycles. The molecule has 3 nitrogen and oxygen atoms in total. The summed E-state index contributed by atoms with van der Waals surface area (Å²) in [5.74, 6) is 0.678. The van der Waals surface area contributed by atoms with E-state index in [1.54, 1.807) is 11.2 Å². The van der Waals surface area contributed by atoms with E-state index in [4.69, 9.17) is 16.3 Å². The molecule has 0 aliphatic rings. The average molecular weight is 289 g/mol. The second-order valence-electron chi connectivity index (χ2n) is 4.56. The Bertz CT molecular complexity index is 582. The maximum Gasteiger partial charge on any atom is 0.138 e. The van der Waals surface area contributed by atoms with Crippen LogP contribution in [0.4, 0.5) is 0 Å². The first-order valence-corrected chi connectivity index (χ1v) is 6.70. The van der Waals surface area contributed by atoms with Crippen molar-refractivity contribution in [1.82, 2.24) is 5.01 Å². The van der Waals surface area contributed by atoms with Crippen molar-refractivity contribution in [3.63, 3.8) is 0 Å². The average Bonchev–Trinajstić information content (AvgIpc) is 2.45. The van der Waals surface area contributed by atoms with Gasteiger partial charge in [-0.15, -0.1) is 0 Å². The van der Waals surface area contributed by atoms with Crippen molar-refractivity contribution in [1.29, 1.82) is 0 Å². The first-order chi connectivity index (χ1) is 9.65. The van der Waals surface area contributed by atoms with Gasteiger partial charge < -0.3 is 9.75 Å². The molecule has 0 radical (unpaired) electrons. The van der Waals surface area contributed by atoms with Crippen LogP contribution in [0.2, 0.25) is 5.02 Å². The lowest BCUT2D eigenvalue weighted by Crippen LogP contribution is -2.02. The monoisotopic (exact) mass is 288 g/mol. The van der Waals surface area contributed by atoms with Gasteiger partial charge in [-0.05, 0) is 29.3 Å². The fraction of sp³-hybridized carbons (Fsp3) is 0.188. The second-order valence-corrected chi connectivity index (χ2v) is 4.96. The zero-order valence-corrected chi connectivity index (χ0v) is 12.3. The van der Waals surface area contributed by atoms with Gasteiger partial charge in [0.05, 0.1) is 11.2 Å². The molecule has 0 heterocycles. The molecule has 0 unspecified atom stereocenters. The van der Waals surface area contributed by atoms with Crippen LogP contribution in [0.15, 0.2) is 53.6 Å². The number of halogens is 1. The first kappa shape index (κ1) is 14.4. The maximum atomic E-state index is 6.21. The van der Waals surface area contributed by atoms with E-state index in [9.17, 15) is 0 Å². The molecule has 0 atom stereocenters. The van der Waals surface area contributed by atoms with Crippen LogP contribution in [0.1, 0.15) is 11.1 Å². The van der Waals surface area contributed by atoms with Crippen LogP contribution in [0.3, 0.4) is 0 Å². The Labute approximate surface area is 124 Å². The molecule has 0 N–H and O–H groups in total. The molecule has 0 aromatic heterocycles. The van der Waals surface area contributed by atoms with Crippen LogP contribution >= 0.6 is 11.6 Å². The van der Waals surface area contributed by atoms with E-state index in [1.165, 1.54) is 0 Å². The van der Waals surface area contributed by atoms with Crippen LogP contribution in [-0.2, 0) is 6.61 Å². The normalized spacial score (nSPS) is 10.8. The predicted octanol–water partition coefficient (Wildman–Crippen LogP) is 3.81. The number of hydrogen-bond donors (Lipinski definition) is 0. The lowest BCUT2D eigenvalue weighted by molar-refractivity contribution is 0.306. The van der Waals surface area contributed by atoms with Gasteiger partial charge in [0.25, 0.3) is 0 Å². The lowest BCUT2D eigenvalue weighted by Gasteiger charge is -2.09. The summed E-state index contributed by atoms with van der Waals surface area (Å²) in [5, 5.41) is 6.48. The molecule has 0 spiro atoms. The van der Waals surface area contributed by atoms with Gasteiger partial charge in [-0.2, -0.15) is 5.10 Å². The quantitative estimate of drug-likeness (QED) is 0.617. The highest BCUT2D eigenvalue weighted by Gasteiger charge is 2.03. The van der Waals surface area contributed by atoms with E-state index in [2.05, 4.69) is 5.10 Å². The van der Waals surface area contributed by atoms with Gasteiger partial charge in [-0.25, -0.2) is 0 Å². The summed E-state index contributed by atoms with van der Waals surface area (Å²) in [7, 11) is 3.74. The van der Waals surface area contributed by atoms with Gasteiger partial charge in [0.2, 0.25) is 0 Å². The smallest absolute Gasteiger partial charge is 0.138 e. The van der Waals surface area contributed by atoms with Crippen LogP contribution in [0.25, 0.3) is 0 Å². The lowest BCUT2D eigenvalue weighted by atomic mass is 10.2. The van der Waals surface area contributed by atoms with E-state index in [0.717, 1.165) is 11.1 Å². The molecular weight excluding hydrogens is 272 g/mol. The second kappa shape index (κ2) is 6.96. The molecule has 104 valence electrons. The highest BCUT2D eigenvalue weighted by Crippen LogP contribution is 2.25. The molecule has 0 bridgehead atoms. The van der Waals surface area contributed by atoms with E-state index >= 15 is 0 Å². The van der Waals surface area contributed by atoms with Crippen molar-refractivity contribution < 1.29 is 4.74 Å². The zero-order chi connectivity index (χ0) is 14.4. The molecule has 0 aliphatic heterocycles. The fourth-order valence-corrected chi connectivity index (χ4v) is 1.88. The highest BCUT2D eigenvalue weighted by atomic mass is 35.5. The minimum Gasteiger partial charge on any atom is -0.487 e. The van der Waals surface area contributed by atoms with Crippen LogP contribution in [-0.4, -0.2) is 25.3 Å². The van der Waals surface area contributed by atoms with E-state index in [1.807, 2.05) is 62.6 Å². The van der Waals surface area contributed by atoms with Gasteiger partial charge in [0.15, 0.2) is 0 Å². The predicted molar refractivity (Wildman–Crippen MR) is 83.5 cm³/mol. The topological polar surface area (TPSA) is 24.8 Å². The van der Waals surface area contributed by atoms with Crippen molar-refractivity contribution in [3.8, 4) is 5.75 Å². The summed E-state index contributed by atoms with van der Waals surface area (Å²) < 4.78 is 5.72. The number of hydrogen-bond acceptors (Lipinski definition) is 3. The Balaban J connectivity index is 2.03. The van der Waals surface area contributed by atoms with Crippen LogP contribution < -0.4 is 4.74 Å². The number of nitrogens with zero attached hydrogens (tertiary/aromatic N) is 2. The number of hydrazone groups is 1. The fourth-order valence-electron chi connectivity index (χ4n) is 1.63. The summed E-state index contributed by atoms with van der Waals surface area (Å²) in [6, 6.07) is 15.6. The third kappa shape index (κ3) is 4.28. The molecule has 0 fully saturated rings. The van der Waals surface area contributed by atoms with Gasteiger partial charge in [-0.1, -0.05) is 41.9 Å².